The number of fused-ring (bicyclic) bond motifs is 1. The summed E-state index contributed by atoms with van der Waals surface area (Å²) in [5, 5.41) is 21.5. The average molecular weight is 452 g/mol. The van der Waals surface area contributed by atoms with Gasteiger partial charge in [-0.1, -0.05) is 23.7 Å². The summed E-state index contributed by atoms with van der Waals surface area (Å²) >= 11 is 6.30. The Morgan fingerprint density at radius 2 is 1.75 bits per heavy atom. The SMILES string of the molecule is COc1cc([N+](=O)[O-])cc(C=Nc2ccc(N3C(=O)c4ccccc4C3=O)cc2Cl)c1O. The first-order chi connectivity index (χ1) is 15.3. The van der Waals surface area contributed by atoms with E-state index in [1.54, 1.807) is 24.3 Å². The summed E-state index contributed by atoms with van der Waals surface area (Å²) in [5.41, 5.74) is 0.929. The number of phenols is 1. The number of ether oxygens (including phenoxy) is 1. The summed E-state index contributed by atoms with van der Waals surface area (Å²) in [6, 6.07) is 13.2. The Morgan fingerprint density at radius 3 is 2.31 bits per heavy atom. The molecule has 1 aliphatic rings. The van der Waals surface area contributed by atoms with Crippen LogP contribution in [0.3, 0.4) is 0 Å². The van der Waals surface area contributed by atoms with Gasteiger partial charge in [0.15, 0.2) is 11.5 Å². The van der Waals surface area contributed by atoms with Crippen molar-refractivity contribution in [3.05, 3.63) is 86.4 Å². The van der Waals surface area contributed by atoms with Gasteiger partial charge in [0.25, 0.3) is 17.5 Å². The molecule has 3 aromatic carbocycles. The summed E-state index contributed by atoms with van der Waals surface area (Å²) in [6.07, 6.45) is 1.20. The molecule has 1 N–H and O–H groups in total. The lowest BCUT2D eigenvalue weighted by Gasteiger charge is -2.14. The Kier molecular flexibility index (Phi) is 5.33. The fraction of sp³-hybridized carbons (Fsp3) is 0.0455. The van der Waals surface area contributed by atoms with Crippen molar-refractivity contribution < 1.29 is 24.4 Å². The number of aromatic hydroxyl groups is 1. The molecule has 0 atom stereocenters. The van der Waals surface area contributed by atoms with E-state index in [1.165, 1.54) is 31.5 Å². The second kappa shape index (κ2) is 8.12. The number of imide groups is 1. The number of phenolic OH excluding ortho intramolecular Hbond substituents is 1. The van der Waals surface area contributed by atoms with Crippen LogP contribution in [0.25, 0.3) is 0 Å². The number of aliphatic imine (C=N–C) groups is 1. The number of nitro benzene ring substituents is 1. The van der Waals surface area contributed by atoms with Crippen molar-refractivity contribution in [2.75, 3.05) is 12.0 Å². The second-order valence-corrected chi connectivity index (χ2v) is 7.14. The molecule has 0 bridgehead atoms. The van der Waals surface area contributed by atoms with E-state index in [-0.39, 0.29) is 39.1 Å². The van der Waals surface area contributed by atoms with E-state index in [0.29, 0.717) is 11.1 Å². The second-order valence-electron chi connectivity index (χ2n) is 6.73. The zero-order valence-corrected chi connectivity index (χ0v) is 17.2. The molecular formula is C22H14ClN3O6. The van der Waals surface area contributed by atoms with Gasteiger partial charge in [-0.05, 0) is 30.3 Å². The molecule has 160 valence electrons. The minimum atomic E-state index is -0.622. The van der Waals surface area contributed by atoms with Gasteiger partial charge >= 0.3 is 0 Å². The van der Waals surface area contributed by atoms with E-state index in [4.69, 9.17) is 16.3 Å². The molecule has 32 heavy (non-hydrogen) atoms. The van der Waals surface area contributed by atoms with Gasteiger partial charge in [0.2, 0.25) is 0 Å². The van der Waals surface area contributed by atoms with Crippen LogP contribution in [0.2, 0.25) is 5.02 Å². The number of halogens is 1. The Bertz CT molecular complexity index is 1290. The van der Waals surface area contributed by atoms with Gasteiger partial charge in [0.05, 0.1) is 45.6 Å². The number of hydrogen-bond acceptors (Lipinski definition) is 7. The zero-order chi connectivity index (χ0) is 23.0. The van der Waals surface area contributed by atoms with Crippen molar-refractivity contribution in [1.82, 2.24) is 0 Å². The van der Waals surface area contributed by atoms with Crippen LogP contribution in [0.15, 0.2) is 59.6 Å². The van der Waals surface area contributed by atoms with Crippen LogP contribution in [0.4, 0.5) is 17.1 Å². The highest BCUT2D eigenvalue weighted by Crippen LogP contribution is 2.36. The van der Waals surface area contributed by atoms with Crippen molar-refractivity contribution in [2.24, 2.45) is 4.99 Å². The van der Waals surface area contributed by atoms with Gasteiger partial charge in [0.1, 0.15) is 0 Å². The lowest BCUT2D eigenvalue weighted by Crippen LogP contribution is -2.29. The van der Waals surface area contributed by atoms with E-state index in [1.807, 2.05) is 0 Å². The minimum Gasteiger partial charge on any atom is -0.504 e. The average Bonchev–Trinajstić information content (AvgIpc) is 3.04. The molecule has 0 unspecified atom stereocenters. The highest BCUT2D eigenvalue weighted by Gasteiger charge is 2.36. The van der Waals surface area contributed by atoms with Crippen molar-refractivity contribution in [3.63, 3.8) is 0 Å². The minimum absolute atomic E-state index is 0.0524. The number of carbonyl (C=O) groups excluding carboxylic acids is 2. The molecule has 1 aliphatic heterocycles. The highest BCUT2D eigenvalue weighted by molar-refractivity contribution is 6.36. The third kappa shape index (κ3) is 3.54. The normalized spacial score (nSPS) is 13.0. The Morgan fingerprint density at radius 1 is 1.09 bits per heavy atom. The Labute approximate surface area is 186 Å². The molecule has 0 saturated carbocycles. The van der Waals surface area contributed by atoms with E-state index >= 15 is 0 Å². The maximum absolute atomic E-state index is 12.6. The van der Waals surface area contributed by atoms with Gasteiger partial charge in [0, 0.05) is 17.8 Å². The molecule has 0 aliphatic carbocycles. The predicted molar refractivity (Wildman–Crippen MR) is 118 cm³/mol. The first-order valence-electron chi connectivity index (χ1n) is 9.18. The predicted octanol–water partition coefficient (Wildman–Crippen LogP) is 4.51. The van der Waals surface area contributed by atoms with Crippen LogP contribution in [-0.4, -0.2) is 35.2 Å². The maximum atomic E-state index is 12.6. The van der Waals surface area contributed by atoms with Crippen molar-refractivity contribution >= 4 is 46.7 Å². The van der Waals surface area contributed by atoms with Gasteiger partial charge in [-0.25, -0.2) is 4.90 Å². The lowest BCUT2D eigenvalue weighted by atomic mass is 10.1. The number of rotatable bonds is 5. The molecule has 3 aromatic rings. The van der Waals surface area contributed by atoms with Gasteiger partial charge in [-0.15, -0.1) is 0 Å². The molecule has 0 spiro atoms. The monoisotopic (exact) mass is 451 g/mol. The van der Waals surface area contributed by atoms with Crippen LogP contribution in [-0.2, 0) is 0 Å². The molecule has 1 heterocycles. The zero-order valence-electron chi connectivity index (χ0n) is 16.5. The van der Waals surface area contributed by atoms with Gasteiger partial charge in [-0.2, -0.15) is 0 Å². The summed E-state index contributed by atoms with van der Waals surface area (Å²) in [7, 11) is 1.27. The number of carbonyl (C=O) groups is 2. The van der Waals surface area contributed by atoms with Crippen LogP contribution >= 0.6 is 11.6 Å². The summed E-state index contributed by atoms with van der Waals surface area (Å²) < 4.78 is 4.96. The molecule has 10 heteroatoms. The van der Waals surface area contributed by atoms with Crippen LogP contribution in [0, 0.1) is 10.1 Å². The molecule has 9 nitrogen and oxygen atoms in total. The lowest BCUT2D eigenvalue weighted by molar-refractivity contribution is -0.385. The van der Waals surface area contributed by atoms with Crippen LogP contribution in [0.1, 0.15) is 26.3 Å². The standard InChI is InChI=1S/C22H14ClN3O6/c1-32-19-10-14(26(30)31)8-12(20(19)27)11-24-18-7-6-13(9-17(18)23)25-21(28)15-4-2-3-5-16(15)22(25)29/h2-11,27H,1H3. The maximum Gasteiger partial charge on any atom is 0.274 e. The largest absolute Gasteiger partial charge is 0.504 e. The number of hydrogen-bond donors (Lipinski definition) is 1. The molecule has 4 rings (SSSR count). The fourth-order valence-corrected chi connectivity index (χ4v) is 3.50. The number of methoxy groups -OCH3 is 1. The van der Waals surface area contributed by atoms with Crippen molar-refractivity contribution in [3.8, 4) is 11.5 Å². The molecule has 0 radical (unpaired) electrons. The molecule has 0 aromatic heterocycles. The van der Waals surface area contributed by atoms with Crippen molar-refractivity contribution in [1.29, 1.82) is 0 Å². The van der Waals surface area contributed by atoms with Gasteiger partial charge in [-0.3, -0.25) is 24.7 Å². The number of nitro groups is 1. The molecule has 0 fully saturated rings. The number of nitrogens with zero attached hydrogens (tertiary/aromatic N) is 3. The van der Waals surface area contributed by atoms with Crippen LogP contribution < -0.4 is 9.64 Å². The molecule has 2 amide bonds. The van der Waals surface area contributed by atoms with E-state index in [9.17, 15) is 24.8 Å². The first-order valence-corrected chi connectivity index (χ1v) is 9.56. The summed E-state index contributed by atoms with van der Waals surface area (Å²) in [6.45, 7) is 0. The quantitative estimate of drug-likeness (QED) is 0.263. The topological polar surface area (TPSA) is 122 Å². The smallest absolute Gasteiger partial charge is 0.274 e. The Balaban J connectivity index is 1.65. The Hall–Kier alpha value is -4.24. The van der Waals surface area contributed by atoms with Crippen molar-refractivity contribution in [2.45, 2.75) is 0 Å². The highest BCUT2D eigenvalue weighted by atomic mass is 35.5. The number of non-ortho nitro benzene ring substituents is 1. The first kappa shape index (κ1) is 21.0. The van der Waals surface area contributed by atoms with E-state index < -0.39 is 16.7 Å². The van der Waals surface area contributed by atoms with Crippen LogP contribution in [0.5, 0.6) is 11.5 Å². The fourth-order valence-electron chi connectivity index (χ4n) is 3.28. The summed E-state index contributed by atoms with van der Waals surface area (Å²) in [5.74, 6) is -1.30. The number of amides is 2. The van der Waals surface area contributed by atoms with E-state index in [2.05, 4.69) is 4.99 Å². The molecular weight excluding hydrogens is 438 g/mol. The van der Waals surface area contributed by atoms with E-state index in [0.717, 1.165) is 17.0 Å². The third-order valence-electron chi connectivity index (χ3n) is 4.85. The number of anilines is 1. The van der Waals surface area contributed by atoms with Gasteiger partial charge < -0.3 is 9.84 Å². The summed E-state index contributed by atoms with van der Waals surface area (Å²) in [4.78, 5) is 41.0. The third-order valence-corrected chi connectivity index (χ3v) is 5.15. The number of benzene rings is 3. The molecule has 0 saturated heterocycles.